The first-order valence-corrected chi connectivity index (χ1v) is 20.5. The lowest BCUT2D eigenvalue weighted by Gasteiger charge is -2.57. The van der Waals surface area contributed by atoms with Gasteiger partial charge in [0, 0.05) is 98.7 Å². The van der Waals surface area contributed by atoms with Gasteiger partial charge in [0.2, 0.25) is 11.8 Å². The van der Waals surface area contributed by atoms with Crippen molar-refractivity contribution < 1.29 is 28.6 Å². The van der Waals surface area contributed by atoms with E-state index in [0.29, 0.717) is 47.9 Å². The van der Waals surface area contributed by atoms with Gasteiger partial charge in [-0.05, 0) is 96.7 Å². The highest BCUT2D eigenvalue weighted by Crippen LogP contribution is 2.48. The number of hydrogen-bond acceptors (Lipinski definition) is 8. The zero-order chi connectivity index (χ0) is 38.8. The third-order valence-corrected chi connectivity index (χ3v) is 13.8. The van der Waals surface area contributed by atoms with Crippen molar-refractivity contribution in [3.8, 4) is 11.5 Å². The number of benzene rings is 4. The standard InChI is InChI=1S/C46H48FN5O5/c47-39-4-2-1-3-36(39)38-26-57-41-24-34(53)10-12-37(41)43(38)29-5-7-31(8-6-29)50-21-17-46(18-22-50)27-51(28-46)32-15-19-49(20-16-32)33-9-11-35-30(23-33)25-52(45(35)56)40-13-14-42(54)48-44(40)55/h1-12,23-24,32,38,40,43,53H,13-22,25-28H2,(H,48,54,55)/t38-,40?,43-/m0/s1. The highest BCUT2D eigenvalue weighted by atomic mass is 19.1. The number of hydrogen-bond donors (Lipinski definition) is 2. The summed E-state index contributed by atoms with van der Waals surface area (Å²) < 4.78 is 21.2. The lowest BCUT2D eigenvalue weighted by molar-refractivity contribution is -0.136. The van der Waals surface area contributed by atoms with Gasteiger partial charge in [-0.1, -0.05) is 36.4 Å². The molecule has 0 radical (unpaired) electrons. The van der Waals surface area contributed by atoms with Crippen LogP contribution in [0.25, 0.3) is 0 Å². The molecule has 3 amide bonds. The van der Waals surface area contributed by atoms with E-state index in [-0.39, 0.29) is 47.5 Å². The number of rotatable bonds is 6. The van der Waals surface area contributed by atoms with E-state index in [1.807, 2.05) is 30.3 Å². The summed E-state index contributed by atoms with van der Waals surface area (Å²) in [5.41, 5.74) is 7.07. The average molecular weight is 770 g/mol. The number of amides is 3. The molecule has 11 heteroatoms. The molecule has 4 saturated heterocycles. The van der Waals surface area contributed by atoms with E-state index in [9.17, 15) is 19.5 Å². The van der Waals surface area contributed by atoms with Gasteiger partial charge in [-0.2, -0.15) is 0 Å². The van der Waals surface area contributed by atoms with Crippen molar-refractivity contribution in [2.45, 2.75) is 69.0 Å². The number of phenolic OH excluding ortho intramolecular Hbond substituents is 1. The molecular weight excluding hydrogens is 722 g/mol. The van der Waals surface area contributed by atoms with Crippen molar-refractivity contribution in [1.82, 2.24) is 15.1 Å². The van der Waals surface area contributed by atoms with Crippen molar-refractivity contribution in [2.24, 2.45) is 5.41 Å². The van der Waals surface area contributed by atoms with Crippen LogP contribution >= 0.6 is 0 Å². The van der Waals surface area contributed by atoms with Crippen LogP contribution in [0, 0.1) is 11.2 Å². The summed E-state index contributed by atoms with van der Waals surface area (Å²) in [6, 6.07) is 27.1. The number of ether oxygens (including phenoxy) is 1. The number of phenols is 1. The summed E-state index contributed by atoms with van der Waals surface area (Å²) in [6.07, 6.45) is 5.22. The normalized spacial score (nSPS) is 24.8. The molecule has 2 N–H and O–H groups in total. The molecular formula is C46H48FN5O5. The van der Waals surface area contributed by atoms with Crippen LogP contribution in [-0.2, 0) is 16.1 Å². The van der Waals surface area contributed by atoms with Gasteiger partial charge in [0.25, 0.3) is 5.91 Å². The summed E-state index contributed by atoms with van der Waals surface area (Å²) in [4.78, 5) is 46.6. The SMILES string of the molecule is O=C1CCC(N2Cc3cc(N4CCC(N5CC6(CCN(c7ccc([C@H]8c9ccc(O)cc9OC[C@H]8c8ccccc8F)cc7)CC6)C5)CC4)ccc3C2=O)C(=O)N1. The zero-order valence-electron chi connectivity index (χ0n) is 32.0. The van der Waals surface area contributed by atoms with Gasteiger partial charge in [-0.25, -0.2) is 4.39 Å². The number of halogens is 1. The third-order valence-electron chi connectivity index (χ3n) is 13.8. The Morgan fingerprint density at radius 2 is 1.53 bits per heavy atom. The second kappa shape index (κ2) is 14.2. The number of nitrogens with zero attached hydrogens (tertiary/aromatic N) is 4. The van der Waals surface area contributed by atoms with E-state index in [2.05, 4.69) is 50.3 Å². The van der Waals surface area contributed by atoms with Crippen molar-refractivity contribution in [3.05, 3.63) is 119 Å². The molecule has 57 heavy (non-hydrogen) atoms. The number of piperidine rings is 3. The number of imide groups is 1. The molecule has 0 bridgehead atoms. The first-order valence-electron chi connectivity index (χ1n) is 20.5. The Morgan fingerprint density at radius 3 is 2.28 bits per heavy atom. The molecule has 0 saturated carbocycles. The van der Waals surface area contributed by atoms with Crippen LogP contribution in [0.15, 0.2) is 84.9 Å². The minimum atomic E-state index is -0.595. The monoisotopic (exact) mass is 769 g/mol. The van der Waals surface area contributed by atoms with Gasteiger partial charge < -0.3 is 24.5 Å². The van der Waals surface area contributed by atoms with Gasteiger partial charge >= 0.3 is 0 Å². The predicted octanol–water partition coefficient (Wildman–Crippen LogP) is 6.17. The maximum atomic E-state index is 15.1. The smallest absolute Gasteiger partial charge is 0.255 e. The van der Waals surface area contributed by atoms with E-state index in [1.54, 1.807) is 23.1 Å². The molecule has 10 rings (SSSR count). The first kappa shape index (κ1) is 36.0. The number of carbonyl (C=O) groups is 3. The molecule has 4 fully saturated rings. The molecule has 6 aliphatic heterocycles. The molecule has 6 aliphatic rings. The number of likely N-dealkylation sites (tertiary alicyclic amines) is 1. The van der Waals surface area contributed by atoms with Gasteiger partial charge in [0.15, 0.2) is 0 Å². The van der Waals surface area contributed by atoms with E-state index in [1.165, 1.54) is 24.6 Å². The molecule has 3 atom stereocenters. The quantitative estimate of drug-likeness (QED) is 0.225. The summed E-state index contributed by atoms with van der Waals surface area (Å²) in [7, 11) is 0. The Balaban J connectivity index is 0.733. The summed E-state index contributed by atoms with van der Waals surface area (Å²) in [5, 5.41) is 12.5. The second-order valence-electron chi connectivity index (χ2n) is 17.1. The number of aromatic hydroxyl groups is 1. The maximum absolute atomic E-state index is 15.1. The fourth-order valence-corrected chi connectivity index (χ4v) is 10.6. The molecule has 4 aromatic carbocycles. The maximum Gasteiger partial charge on any atom is 0.255 e. The van der Waals surface area contributed by atoms with Crippen LogP contribution in [0.1, 0.15) is 83.0 Å². The predicted molar refractivity (Wildman–Crippen MR) is 214 cm³/mol. The molecule has 1 unspecified atom stereocenters. The Kier molecular flexibility index (Phi) is 8.96. The topological polar surface area (TPSA) is 106 Å². The molecule has 0 aliphatic carbocycles. The largest absolute Gasteiger partial charge is 0.508 e. The molecule has 294 valence electrons. The van der Waals surface area contributed by atoms with Gasteiger partial charge in [-0.15, -0.1) is 0 Å². The van der Waals surface area contributed by atoms with Crippen LogP contribution in [0.2, 0.25) is 0 Å². The first-order chi connectivity index (χ1) is 27.7. The molecule has 4 aromatic rings. The number of carbonyl (C=O) groups excluding carboxylic acids is 3. The van der Waals surface area contributed by atoms with Crippen LogP contribution in [0.3, 0.4) is 0 Å². The minimum absolute atomic E-state index is 0.102. The number of fused-ring (bicyclic) bond motifs is 2. The molecule has 6 heterocycles. The van der Waals surface area contributed by atoms with Crippen LogP contribution in [0.4, 0.5) is 15.8 Å². The molecule has 0 aromatic heterocycles. The third kappa shape index (κ3) is 6.49. The highest BCUT2D eigenvalue weighted by Gasteiger charge is 2.47. The molecule has 1 spiro atoms. The van der Waals surface area contributed by atoms with Gasteiger partial charge in [0.1, 0.15) is 23.4 Å². The van der Waals surface area contributed by atoms with Gasteiger partial charge in [-0.3, -0.25) is 24.6 Å². The summed E-state index contributed by atoms with van der Waals surface area (Å²) in [5.74, 6) is -0.491. The van der Waals surface area contributed by atoms with Crippen LogP contribution in [0.5, 0.6) is 11.5 Å². The van der Waals surface area contributed by atoms with E-state index in [0.717, 1.165) is 74.5 Å². The summed E-state index contributed by atoms with van der Waals surface area (Å²) >= 11 is 0. The highest BCUT2D eigenvalue weighted by molar-refractivity contribution is 6.05. The zero-order valence-corrected chi connectivity index (χ0v) is 32.0. The second-order valence-corrected chi connectivity index (χ2v) is 17.1. The lowest BCUT2D eigenvalue weighted by atomic mass is 9.70. The Morgan fingerprint density at radius 1 is 0.789 bits per heavy atom. The van der Waals surface area contributed by atoms with E-state index in [4.69, 9.17) is 4.74 Å². The van der Waals surface area contributed by atoms with Crippen LogP contribution < -0.4 is 19.9 Å². The van der Waals surface area contributed by atoms with Crippen molar-refractivity contribution in [3.63, 3.8) is 0 Å². The average Bonchev–Trinajstić information content (AvgIpc) is 3.54. The van der Waals surface area contributed by atoms with Gasteiger partial charge in [0.05, 0.1) is 6.61 Å². The van der Waals surface area contributed by atoms with Crippen molar-refractivity contribution in [2.75, 3.05) is 55.7 Å². The van der Waals surface area contributed by atoms with Crippen molar-refractivity contribution >= 4 is 29.1 Å². The summed E-state index contributed by atoms with van der Waals surface area (Å²) in [6.45, 7) is 7.08. The fraction of sp³-hybridized carbons (Fsp3) is 0.413. The fourth-order valence-electron chi connectivity index (χ4n) is 10.6. The Hall–Kier alpha value is -5.42. The number of anilines is 2. The number of nitrogens with one attached hydrogen (secondary N) is 1. The Labute approximate surface area is 332 Å². The van der Waals surface area contributed by atoms with Crippen molar-refractivity contribution in [1.29, 1.82) is 0 Å². The molecule has 10 nitrogen and oxygen atoms in total. The van der Waals surface area contributed by atoms with E-state index < -0.39 is 6.04 Å². The Bertz CT molecular complexity index is 2220. The lowest BCUT2D eigenvalue weighted by Crippen LogP contribution is -2.64. The van der Waals surface area contributed by atoms with E-state index >= 15 is 4.39 Å². The van der Waals surface area contributed by atoms with Crippen LogP contribution in [-0.4, -0.2) is 90.6 Å². The minimum Gasteiger partial charge on any atom is -0.508 e.